The van der Waals surface area contributed by atoms with E-state index in [0.29, 0.717) is 34.5 Å². The Hall–Kier alpha value is -2.40. The summed E-state index contributed by atoms with van der Waals surface area (Å²) < 4.78 is 24.0. The smallest absolute Gasteiger partial charge is 0.353 e. The van der Waals surface area contributed by atoms with Crippen LogP contribution in [0.3, 0.4) is 0 Å². The molecule has 0 unspecified atom stereocenters. The lowest BCUT2D eigenvalue weighted by Crippen LogP contribution is -2.17. The number of nitrogens with zero attached hydrogens (tertiary/aromatic N) is 2. The van der Waals surface area contributed by atoms with Gasteiger partial charge in [-0.2, -0.15) is 0 Å². The van der Waals surface area contributed by atoms with Crippen LogP contribution >= 0.6 is 22.9 Å². The van der Waals surface area contributed by atoms with Crippen LogP contribution in [-0.2, 0) is 20.4 Å². The minimum Gasteiger partial charge on any atom is -0.477 e. The number of aromatic carboxylic acids is 1. The topological polar surface area (TPSA) is 112 Å². The maximum absolute atomic E-state index is 12.0. The Morgan fingerprint density at radius 1 is 1.34 bits per heavy atom. The van der Waals surface area contributed by atoms with E-state index in [1.54, 1.807) is 25.1 Å². The Morgan fingerprint density at radius 2 is 2.06 bits per heavy atom. The first kappa shape index (κ1) is 24.2. The van der Waals surface area contributed by atoms with E-state index in [2.05, 4.69) is 10.1 Å². The van der Waals surface area contributed by atoms with Crippen LogP contribution in [0.5, 0.6) is 0 Å². The van der Waals surface area contributed by atoms with Gasteiger partial charge in [-0.1, -0.05) is 28.9 Å². The molecule has 2 aromatic heterocycles. The molecule has 0 radical (unpaired) electrons. The van der Waals surface area contributed by atoms with Crippen molar-refractivity contribution in [1.29, 1.82) is 0 Å². The molecule has 0 amide bonds. The average Bonchev–Trinajstić information content (AvgIpc) is 3.25. The van der Waals surface area contributed by atoms with E-state index in [-0.39, 0.29) is 16.5 Å². The first-order valence-electron chi connectivity index (χ1n) is 9.62. The second-order valence-electron chi connectivity index (χ2n) is 7.72. The summed E-state index contributed by atoms with van der Waals surface area (Å²) in [5.74, 6) is -1.30. The summed E-state index contributed by atoms with van der Waals surface area (Å²) in [5.41, 5.74) is 3.60. The number of carbonyl (C=O) groups is 1. The van der Waals surface area contributed by atoms with Crippen molar-refractivity contribution < 1.29 is 23.2 Å². The number of benzene rings is 1. The molecule has 2 N–H and O–H groups in total. The first-order valence-corrected chi connectivity index (χ1v) is 12.9. The Bertz CT molecular complexity index is 1290. The van der Waals surface area contributed by atoms with Crippen molar-refractivity contribution >= 4 is 54.7 Å². The van der Waals surface area contributed by atoms with Crippen molar-refractivity contribution in [2.45, 2.75) is 12.7 Å². The van der Waals surface area contributed by atoms with Crippen molar-refractivity contribution in [2.24, 2.45) is 5.16 Å². The molecule has 0 fully saturated rings. The minimum absolute atomic E-state index is 0.0290. The number of nitrogens with one attached hydrogen (secondary N) is 1. The van der Waals surface area contributed by atoms with E-state index < -0.39 is 15.8 Å². The largest absolute Gasteiger partial charge is 0.477 e. The second kappa shape index (κ2) is 9.62. The summed E-state index contributed by atoms with van der Waals surface area (Å²) in [6.45, 7) is 2.96. The van der Waals surface area contributed by atoms with Crippen molar-refractivity contribution in [3.8, 4) is 11.1 Å². The molecule has 0 aliphatic carbocycles. The summed E-state index contributed by atoms with van der Waals surface area (Å²) in [5, 5.41) is 16.1. The molecule has 0 spiro atoms. The highest BCUT2D eigenvalue weighted by atomic mass is 35.5. The maximum Gasteiger partial charge on any atom is 0.353 e. The number of rotatable bonds is 9. The van der Waals surface area contributed by atoms with E-state index in [1.807, 2.05) is 24.4 Å². The minimum atomic E-state index is -3.25. The zero-order valence-electron chi connectivity index (χ0n) is 18.1. The lowest BCUT2D eigenvalue weighted by atomic mass is 10.0. The number of hydrogen-bond donors (Lipinski definition) is 2. The van der Waals surface area contributed by atoms with Gasteiger partial charge in [-0.25, -0.2) is 13.2 Å². The Balaban J connectivity index is 2.03. The van der Waals surface area contributed by atoms with Crippen LogP contribution in [0.2, 0.25) is 5.02 Å². The number of carboxylic acids is 1. The van der Waals surface area contributed by atoms with Gasteiger partial charge in [0.15, 0.2) is 9.84 Å². The van der Waals surface area contributed by atoms with E-state index >= 15 is 0 Å². The molecule has 0 bridgehead atoms. The van der Waals surface area contributed by atoms with Crippen molar-refractivity contribution in [3.05, 3.63) is 45.4 Å². The number of aromatic nitrogens is 1. The van der Waals surface area contributed by atoms with E-state index in [9.17, 15) is 18.3 Å². The fraction of sp³-hybridized carbons (Fsp3) is 0.333. The lowest BCUT2D eigenvalue weighted by Gasteiger charge is -2.07. The molecule has 0 saturated heterocycles. The van der Waals surface area contributed by atoms with Crippen LogP contribution in [0, 0.1) is 0 Å². The third-order valence-electron chi connectivity index (χ3n) is 4.71. The molecule has 2 heterocycles. The number of likely N-dealkylation sites (N-methyl/N-ethyl adjacent to an activating group) is 1. The third-order valence-corrected chi connectivity index (χ3v) is 6.90. The van der Waals surface area contributed by atoms with Gasteiger partial charge in [0, 0.05) is 34.3 Å². The highest BCUT2D eigenvalue weighted by Gasteiger charge is 2.23. The van der Waals surface area contributed by atoms with Gasteiger partial charge >= 0.3 is 5.97 Å². The number of thiophene rings is 1. The molecular weight excluding hydrogens is 474 g/mol. The predicted molar refractivity (Wildman–Crippen MR) is 129 cm³/mol. The molecule has 172 valence electrons. The van der Waals surface area contributed by atoms with Gasteiger partial charge in [-0.3, -0.25) is 0 Å². The van der Waals surface area contributed by atoms with Gasteiger partial charge in [0.1, 0.15) is 12.3 Å². The highest BCUT2D eigenvalue weighted by molar-refractivity contribution is 7.89. The molecule has 1 aromatic carbocycles. The fourth-order valence-corrected chi connectivity index (χ4v) is 5.47. The maximum atomic E-state index is 12.0. The third kappa shape index (κ3) is 5.50. The molecule has 0 aliphatic heterocycles. The van der Waals surface area contributed by atoms with Crippen molar-refractivity contribution in [2.75, 3.05) is 33.5 Å². The number of carboxylic acid groups (broad SMARTS) is 1. The van der Waals surface area contributed by atoms with E-state index in [1.165, 1.54) is 11.3 Å². The number of sulfone groups is 1. The normalized spacial score (nSPS) is 12.6. The van der Waals surface area contributed by atoms with Crippen LogP contribution in [0.15, 0.2) is 28.7 Å². The standard InChI is InChI=1S/C21H24ClN3O5S2/c1-12(24-30-8-7-25(2)3)15-10-31-20-17(19(21(26)27)23-18(15)20)13-5-6-14(16(22)9-13)11-32(4,28)29/h5-6,9-10,23H,7-8,11H2,1-4H3,(H,26,27)/b24-12+. The zero-order chi connectivity index (χ0) is 23.6. The molecule has 0 aliphatic rings. The molecule has 11 heteroatoms. The van der Waals surface area contributed by atoms with E-state index in [4.69, 9.17) is 16.4 Å². The SMILES string of the molecule is C/C(=N\OCCN(C)C)c1csc2c(-c3ccc(CS(C)(=O)=O)c(Cl)c3)c(C(=O)O)[nH]c12. The van der Waals surface area contributed by atoms with Crippen molar-refractivity contribution in [1.82, 2.24) is 9.88 Å². The van der Waals surface area contributed by atoms with Crippen LogP contribution < -0.4 is 0 Å². The van der Waals surface area contributed by atoms with Gasteiger partial charge in [0.25, 0.3) is 0 Å². The van der Waals surface area contributed by atoms with Crippen LogP contribution in [0.4, 0.5) is 0 Å². The molecule has 3 aromatic rings. The lowest BCUT2D eigenvalue weighted by molar-refractivity contribution is 0.0692. The Kier molecular flexibility index (Phi) is 7.29. The zero-order valence-corrected chi connectivity index (χ0v) is 20.5. The van der Waals surface area contributed by atoms with Crippen LogP contribution in [0.1, 0.15) is 28.5 Å². The number of H-pyrrole nitrogens is 1. The van der Waals surface area contributed by atoms with E-state index in [0.717, 1.165) is 23.1 Å². The summed E-state index contributed by atoms with van der Waals surface area (Å²) in [6, 6.07) is 4.90. The fourth-order valence-electron chi connectivity index (χ4n) is 3.19. The summed E-state index contributed by atoms with van der Waals surface area (Å²) in [7, 11) is 0.628. The molecule has 0 saturated carbocycles. The predicted octanol–water partition coefficient (Wildman–Crippen LogP) is 4.09. The molecule has 0 atom stereocenters. The quantitative estimate of drug-likeness (QED) is 0.261. The van der Waals surface area contributed by atoms with Crippen LogP contribution in [-0.4, -0.2) is 68.6 Å². The van der Waals surface area contributed by atoms with Crippen LogP contribution in [0.25, 0.3) is 21.3 Å². The van der Waals surface area contributed by atoms with Gasteiger partial charge in [-0.15, -0.1) is 11.3 Å². The molecule has 32 heavy (non-hydrogen) atoms. The molecular formula is C21H24ClN3O5S2. The summed E-state index contributed by atoms with van der Waals surface area (Å²) >= 11 is 7.71. The Morgan fingerprint density at radius 3 is 2.66 bits per heavy atom. The van der Waals surface area contributed by atoms with Crippen molar-refractivity contribution in [3.63, 3.8) is 0 Å². The number of aromatic amines is 1. The van der Waals surface area contributed by atoms with Gasteiger partial charge in [0.2, 0.25) is 0 Å². The second-order valence-corrected chi connectivity index (χ2v) is 11.2. The van der Waals surface area contributed by atoms with Gasteiger partial charge in [-0.05, 0) is 38.2 Å². The van der Waals surface area contributed by atoms with Gasteiger partial charge in [0.05, 0.1) is 21.7 Å². The summed E-state index contributed by atoms with van der Waals surface area (Å²) in [4.78, 5) is 22.3. The molecule has 3 rings (SSSR count). The summed E-state index contributed by atoms with van der Waals surface area (Å²) in [6.07, 6.45) is 1.14. The number of oxime groups is 1. The molecule has 8 nitrogen and oxygen atoms in total. The first-order chi connectivity index (χ1) is 15.0. The monoisotopic (exact) mass is 497 g/mol. The van der Waals surface area contributed by atoms with Gasteiger partial charge < -0.3 is 19.8 Å². The highest BCUT2D eigenvalue weighted by Crippen LogP contribution is 2.39. The number of fused-ring (bicyclic) bond motifs is 1. The number of hydrogen-bond acceptors (Lipinski definition) is 7. The Labute approximate surface area is 195 Å². The number of halogens is 1. The average molecular weight is 498 g/mol.